The summed E-state index contributed by atoms with van der Waals surface area (Å²) in [5.74, 6) is 2.46. The number of nitrogens with one attached hydrogen (secondary N) is 1. The highest BCUT2D eigenvalue weighted by Crippen LogP contribution is 2.35. The van der Waals surface area contributed by atoms with Crippen molar-refractivity contribution in [3.05, 3.63) is 48.0 Å². The maximum Gasteiger partial charge on any atom is 0.317 e. The van der Waals surface area contributed by atoms with Gasteiger partial charge in [0.1, 0.15) is 23.4 Å². The van der Waals surface area contributed by atoms with E-state index in [-0.39, 0.29) is 18.2 Å². The van der Waals surface area contributed by atoms with Gasteiger partial charge in [-0.2, -0.15) is 0 Å². The second-order valence-corrected chi connectivity index (χ2v) is 7.96. The Hall–Kier alpha value is -3.09. The van der Waals surface area contributed by atoms with Crippen molar-refractivity contribution < 1.29 is 19.0 Å². The molecule has 1 saturated heterocycles. The van der Waals surface area contributed by atoms with E-state index in [1.54, 1.807) is 21.2 Å². The third-order valence-corrected chi connectivity index (χ3v) is 5.24. The van der Waals surface area contributed by atoms with Gasteiger partial charge in [-0.1, -0.05) is 19.1 Å². The molecule has 31 heavy (non-hydrogen) atoms. The first-order chi connectivity index (χ1) is 14.9. The van der Waals surface area contributed by atoms with Crippen LogP contribution in [0.15, 0.2) is 42.5 Å². The van der Waals surface area contributed by atoms with Gasteiger partial charge in [-0.15, -0.1) is 0 Å². The van der Waals surface area contributed by atoms with E-state index in [2.05, 4.69) is 17.1 Å². The molecule has 7 nitrogen and oxygen atoms in total. The lowest BCUT2D eigenvalue weighted by molar-refractivity contribution is 0.167. The molecule has 2 aromatic rings. The minimum absolute atomic E-state index is 0.0695. The normalized spacial score (nSPS) is 14.4. The molecule has 7 heteroatoms. The fraction of sp³-hybridized carbons (Fsp3) is 0.458. The zero-order valence-corrected chi connectivity index (χ0v) is 19.1. The SMILES string of the molecule is CCCOc1ccc(N2CC(Oc3ccc([C@H](C)NC(=O)N(C)C)cc3)C2)c(OC)c1. The average molecular weight is 428 g/mol. The van der Waals surface area contributed by atoms with E-state index < -0.39 is 0 Å². The zero-order valence-electron chi connectivity index (χ0n) is 19.1. The summed E-state index contributed by atoms with van der Waals surface area (Å²) in [4.78, 5) is 15.6. The Morgan fingerprint density at radius 3 is 2.45 bits per heavy atom. The molecular formula is C24H33N3O4. The Kier molecular flexibility index (Phi) is 7.50. The molecule has 0 aromatic heterocycles. The number of ether oxygens (including phenoxy) is 3. The van der Waals surface area contributed by atoms with Crippen molar-refractivity contribution in [2.45, 2.75) is 32.4 Å². The highest BCUT2D eigenvalue weighted by Gasteiger charge is 2.30. The first-order valence-corrected chi connectivity index (χ1v) is 10.7. The number of hydrogen-bond donors (Lipinski definition) is 1. The Morgan fingerprint density at radius 1 is 1.16 bits per heavy atom. The van der Waals surface area contributed by atoms with Gasteiger partial charge in [0.25, 0.3) is 0 Å². The molecule has 2 aromatic carbocycles. The molecule has 1 aliphatic heterocycles. The van der Waals surface area contributed by atoms with Crippen LogP contribution in [0.4, 0.5) is 10.5 Å². The van der Waals surface area contributed by atoms with Gasteiger partial charge < -0.3 is 29.3 Å². The van der Waals surface area contributed by atoms with Gasteiger partial charge >= 0.3 is 6.03 Å². The minimum Gasteiger partial charge on any atom is -0.494 e. The van der Waals surface area contributed by atoms with Crippen LogP contribution < -0.4 is 24.4 Å². The Morgan fingerprint density at radius 2 is 1.84 bits per heavy atom. The molecular weight excluding hydrogens is 394 g/mol. The molecule has 0 bridgehead atoms. The van der Waals surface area contributed by atoms with E-state index in [1.165, 1.54) is 4.90 Å². The average Bonchev–Trinajstić information content (AvgIpc) is 2.74. The molecule has 0 spiro atoms. The van der Waals surface area contributed by atoms with E-state index in [1.807, 2.05) is 49.4 Å². The van der Waals surface area contributed by atoms with Crippen LogP contribution in [0.25, 0.3) is 0 Å². The van der Waals surface area contributed by atoms with Crippen molar-refractivity contribution in [2.75, 3.05) is 45.8 Å². The molecule has 1 atom stereocenters. The number of hydrogen-bond acceptors (Lipinski definition) is 5. The molecule has 168 valence electrons. The van der Waals surface area contributed by atoms with Gasteiger partial charge in [-0.05, 0) is 43.2 Å². The van der Waals surface area contributed by atoms with Crippen LogP contribution in [0.1, 0.15) is 31.9 Å². The molecule has 1 heterocycles. The van der Waals surface area contributed by atoms with Crippen molar-refractivity contribution >= 4 is 11.7 Å². The molecule has 3 rings (SSSR count). The van der Waals surface area contributed by atoms with Crippen molar-refractivity contribution in [3.63, 3.8) is 0 Å². The van der Waals surface area contributed by atoms with Crippen molar-refractivity contribution in [1.29, 1.82) is 0 Å². The van der Waals surface area contributed by atoms with E-state index in [4.69, 9.17) is 14.2 Å². The number of amides is 2. The highest BCUT2D eigenvalue weighted by molar-refractivity contribution is 5.74. The second kappa shape index (κ2) is 10.3. The summed E-state index contributed by atoms with van der Waals surface area (Å²) in [5.41, 5.74) is 2.08. The summed E-state index contributed by atoms with van der Waals surface area (Å²) in [6.07, 6.45) is 1.09. The predicted octanol–water partition coefficient (Wildman–Crippen LogP) is 4.08. The molecule has 0 saturated carbocycles. The van der Waals surface area contributed by atoms with E-state index >= 15 is 0 Å². The van der Waals surface area contributed by atoms with Crippen LogP contribution in [0.2, 0.25) is 0 Å². The summed E-state index contributed by atoms with van der Waals surface area (Å²) in [7, 11) is 5.13. The number of nitrogens with zero attached hydrogens (tertiary/aromatic N) is 2. The zero-order chi connectivity index (χ0) is 22.4. The lowest BCUT2D eigenvalue weighted by atomic mass is 10.1. The van der Waals surface area contributed by atoms with Gasteiger partial charge in [-0.3, -0.25) is 0 Å². The highest BCUT2D eigenvalue weighted by atomic mass is 16.5. The lowest BCUT2D eigenvalue weighted by Crippen LogP contribution is -2.54. The van der Waals surface area contributed by atoms with E-state index in [0.717, 1.165) is 48.0 Å². The number of urea groups is 1. The number of methoxy groups -OCH3 is 1. The Balaban J connectivity index is 1.52. The van der Waals surface area contributed by atoms with Crippen molar-refractivity contribution in [3.8, 4) is 17.2 Å². The largest absolute Gasteiger partial charge is 0.494 e. The Labute approximate surface area is 184 Å². The first-order valence-electron chi connectivity index (χ1n) is 10.7. The number of carbonyl (C=O) groups is 1. The monoisotopic (exact) mass is 427 g/mol. The molecule has 1 aliphatic rings. The molecule has 1 N–H and O–H groups in total. The quantitative estimate of drug-likeness (QED) is 0.653. The molecule has 1 fully saturated rings. The fourth-order valence-corrected chi connectivity index (χ4v) is 3.36. The first kappa shape index (κ1) is 22.6. The van der Waals surface area contributed by atoms with E-state index in [0.29, 0.717) is 6.61 Å². The predicted molar refractivity (Wildman–Crippen MR) is 122 cm³/mol. The van der Waals surface area contributed by atoms with Crippen LogP contribution in [-0.2, 0) is 0 Å². The van der Waals surface area contributed by atoms with Gasteiger partial charge in [0.15, 0.2) is 0 Å². The molecule has 0 unspecified atom stereocenters. The standard InChI is InChI=1S/C24H33N3O4/c1-6-13-30-20-11-12-22(23(14-20)29-5)27-15-21(16-27)31-19-9-7-18(8-10-19)17(2)25-24(28)26(3)4/h7-12,14,17,21H,6,13,15-16H2,1-5H3,(H,25,28)/t17-/m0/s1. The topological polar surface area (TPSA) is 63.3 Å². The number of benzene rings is 2. The van der Waals surface area contributed by atoms with Crippen molar-refractivity contribution in [1.82, 2.24) is 10.2 Å². The third kappa shape index (κ3) is 5.75. The molecule has 2 amide bonds. The smallest absolute Gasteiger partial charge is 0.317 e. The van der Waals surface area contributed by atoms with E-state index in [9.17, 15) is 4.79 Å². The summed E-state index contributed by atoms with van der Waals surface area (Å²) in [6.45, 7) is 6.34. The molecule has 0 aliphatic carbocycles. The van der Waals surface area contributed by atoms with Gasteiger partial charge in [-0.25, -0.2) is 4.79 Å². The number of rotatable bonds is 9. The minimum atomic E-state index is -0.109. The maximum atomic E-state index is 11.8. The maximum absolute atomic E-state index is 11.8. The van der Waals surface area contributed by atoms with Crippen LogP contribution >= 0.6 is 0 Å². The van der Waals surface area contributed by atoms with Crippen LogP contribution in [-0.4, -0.2) is 57.9 Å². The van der Waals surface area contributed by atoms with Crippen LogP contribution in [0.5, 0.6) is 17.2 Å². The number of anilines is 1. The fourth-order valence-electron chi connectivity index (χ4n) is 3.36. The van der Waals surface area contributed by atoms with Crippen LogP contribution in [0, 0.1) is 0 Å². The Bertz CT molecular complexity index is 864. The van der Waals surface area contributed by atoms with Gasteiger partial charge in [0.05, 0.1) is 38.5 Å². The third-order valence-electron chi connectivity index (χ3n) is 5.24. The van der Waals surface area contributed by atoms with Gasteiger partial charge in [0, 0.05) is 20.2 Å². The summed E-state index contributed by atoms with van der Waals surface area (Å²) < 4.78 is 17.4. The molecule has 0 radical (unpaired) electrons. The van der Waals surface area contributed by atoms with Crippen LogP contribution in [0.3, 0.4) is 0 Å². The summed E-state index contributed by atoms with van der Waals surface area (Å²) in [6, 6.07) is 13.7. The second-order valence-electron chi connectivity index (χ2n) is 7.96. The summed E-state index contributed by atoms with van der Waals surface area (Å²) in [5, 5.41) is 2.95. The number of carbonyl (C=O) groups excluding carboxylic acids is 1. The van der Waals surface area contributed by atoms with Gasteiger partial charge in [0.2, 0.25) is 0 Å². The lowest BCUT2D eigenvalue weighted by Gasteiger charge is -2.41. The summed E-state index contributed by atoms with van der Waals surface area (Å²) >= 11 is 0. The van der Waals surface area contributed by atoms with Crippen molar-refractivity contribution in [2.24, 2.45) is 0 Å².